The number of aromatic nitrogens is 1. The van der Waals surface area contributed by atoms with Crippen LogP contribution < -0.4 is 4.72 Å². The third kappa shape index (κ3) is 5.21. The van der Waals surface area contributed by atoms with Crippen LogP contribution in [0.4, 0.5) is 0 Å². The van der Waals surface area contributed by atoms with Crippen molar-refractivity contribution in [2.75, 3.05) is 19.6 Å². The summed E-state index contributed by atoms with van der Waals surface area (Å²) in [7, 11) is -3.79. The van der Waals surface area contributed by atoms with Crippen molar-refractivity contribution in [2.45, 2.75) is 25.2 Å². The lowest BCUT2D eigenvalue weighted by molar-refractivity contribution is -0.130. The molecule has 1 aromatic heterocycles. The van der Waals surface area contributed by atoms with Gasteiger partial charge < -0.3 is 4.90 Å². The predicted octanol–water partition coefficient (Wildman–Crippen LogP) is 2.03. The summed E-state index contributed by atoms with van der Waals surface area (Å²) in [5.74, 6) is -0.0961. The number of nitrogens with one attached hydrogen (secondary N) is 1. The molecule has 0 aliphatic carbocycles. The third-order valence-corrected chi connectivity index (χ3v) is 5.13. The minimum absolute atomic E-state index is 0.0144. The predicted molar refractivity (Wildman–Crippen MR) is 84.7 cm³/mol. The van der Waals surface area contributed by atoms with Crippen LogP contribution in [0.5, 0.6) is 0 Å². The van der Waals surface area contributed by atoms with Gasteiger partial charge in [0.2, 0.25) is 15.9 Å². The van der Waals surface area contributed by atoms with Crippen molar-refractivity contribution in [3.8, 4) is 0 Å². The Morgan fingerprint density at radius 1 is 1.43 bits per heavy atom. The first kappa shape index (κ1) is 18.3. The highest BCUT2D eigenvalue weighted by Crippen LogP contribution is 2.22. The first-order valence-electron chi connectivity index (χ1n) is 6.40. The summed E-state index contributed by atoms with van der Waals surface area (Å²) in [6.07, 6.45) is 1.51. The molecule has 0 aliphatic heterocycles. The normalized spacial score (nSPS) is 11.4. The molecule has 21 heavy (non-hydrogen) atoms. The smallest absolute Gasteiger partial charge is 0.243 e. The molecule has 6 nitrogen and oxygen atoms in total. The van der Waals surface area contributed by atoms with E-state index in [2.05, 4.69) is 25.6 Å². The molecule has 0 radical (unpaired) electrons. The van der Waals surface area contributed by atoms with Crippen LogP contribution in [0.2, 0.25) is 5.15 Å². The number of hydrogen-bond donors (Lipinski definition) is 1. The van der Waals surface area contributed by atoms with Crippen molar-refractivity contribution in [1.82, 2.24) is 14.6 Å². The average Bonchev–Trinajstić information content (AvgIpc) is 2.42. The third-order valence-electron chi connectivity index (χ3n) is 2.81. The Labute approximate surface area is 138 Å². The number of carbonyl (C=O) groups is 1. The highest BCUT2D eigenvalue weighted by atomic mass is 79.9. The Kier molecular flexibility index (Phi) is 7.05. The van der Waals surface area contributed by atoms with Gasteiger partial charge in [0, 0.05) is 36.7 Å². The Hall–Kier alpha value is -0.700. The maximum absolute atomic E-state index is 12.1. The van der Waals surface area contributed by atoms with Gasteiger partial charge in [0.15, 0.2) is 0 Å². The Morgan fingerprint density at radius 2 is 2.05 bits per heavy atom. The summed E-state index contributed by atoms with van der Waals surface area (Å²) in [6.45, 7) is 4.96. The number of amides is 1. The molecule has 0 spiro atoms. The number of rotatable bonds is 7. The van der Waals surface area contributed by atoms with Gasteiger partial charge in [-0.3, -0.25) is 4.79 Å². The van der Waals surface area contributed by atoms with Crippen LogP contribution in [0.15, 0.2) is 21.6 Å². The van der Waals surface area contributed by atoms with E-state index in [1.807, 2.05) is 13.8 Å². The summed E-state index contributed by atoms with van der Waals surface area (Å²) in [6, 6.07) is 1.36. The Bertz CT molecular complexity index is 606. The van der Waals surface area contributed by atoms with E-state index in [0.717, 1.165) is 0 Å². The van der Waals surface area contributed by atoms with Crippen molar-refractivity contribution >= 4 is 43.5 Å². The van der Waals surface area contributed by atoms with Crippen molar-refractivity contribution in [3.63, 3.8) is 0 Å². The monoisotopic (exact) mass is 397 g/mol. The van der Waals surface area contributed by atoms with Gasteiger partial charge in [-0.2, -0.15) is 0 Å². The molecule has 1 heterocycles. The van der Waals surface area contributed by atoms with E-state index >= 15 is 0 Å². The first-order chi connectivity index (χ1) is 9.81. The van der Waals surface area contributed by atoms with Crippen molar-refractivity contribution in [1.29, 1.82) is 0 Å². The molecule has 0 saturated heterocycles. The lowest BCUT2D eigenvalue weighted by Crippen LogP contribution is -2.34. The molecule has 1 amide bonds. The molecule has 0 aromatic carbocycles. The molecule has 0 fully saturated rings. The Morgan fingerprint density at radius 3 is 2.62 bits per heavy atom. The fourth-order valence-electron chi connectivity index (χ4n) is 1.70. The summed E-state index contributed by atoms with van der Waals surface area (Å²) >= 11 is 8.94. The molecule has 0 atom stereocenters. The van der Waals surface area contributed by atoms with Crippen molar-refractivity contribution < 1.29 is 13.2 Å². The lowest BCUT2D eigenvalue weighted by atomic mass is 10.3. The van der Waals surface area contributed by atoms with Gasteiger partial charge in [-0.25, -0.2) is 18.1 Å². The van der Waals surface area contributed by atoms with Gasteiger partial charge >= 0.3 is 0 Å². The molecule has 0 bridgehead atoms. The second-order valence-electron chi connectivity index (χ2n) is 4.16. The van der Waals surface area contributed by atoms with Crippen LogP contribution in [0.3, 0.4) is 0 Å². The quantitative estimate of drug-likeness (QED) is 0.713. The van der Waals surface area contributed by atoms with Crippen LogP contribution in [0, 0.1) is 0 Å². The van der Waals surface area contributed by atoms with E-state index in [9.17, 15) is 13.2 Å². The molecule has 0 unspecified atom stereocenters. The van der Waals surface area contributed by atoms with Crippen LogP contribution >= 0.6 is 27.5 Å². The van der Waals surface area contributed by atoms with Gasteiger partial charge in [-0.15, -0.1) is 0 Å². The van der Waals surface area contributed by atoms with Gasteiger partial charge in [-0.1, -0.05) is 11.6 Å². The number of hydrogen-bond acceptors (Lipinski definition) is 4. The molecule has 1 rings (SSSR count). The molecule has 0 aliphatic rings. The van der Waals surface area contributed by atoms with Crippen LogP contribution in [0.25, 0.3) is 0 Å². The van der Waals surface area contributed by atoms with Crippen LogP contribution in [-0.4, -0.2) is 43.8 Å². The zero-order valence-corrected chi connectivity index (χ0v) is 14.9. The molecule has 1 N–H and O–H groups in total. The standard InChI is InChI=1S/C12H17BrClN3O3S/c1-3-17(4-2)11(18)5-6-16-21(19,20)10-7-9(13)8-15-12(10)14/h7-8,16H,3-6H2,1-2H3. The summed E-state index contributed by atoms with van der Waals surface area (Å²) < 4.78 is 27.1. The number of halogens is 2. The number of carbonyl (C=O) groups excluding carboxylic acids is 1. The van der Waals surface area contributed by atoms with Crippen molar-refractivity contribution in [2.24, 2.45) is 0 Å². The lowest BCUT2D eigenvalue weighted by Gasteiger charge is -2.18. The van der Waals surface area contributed by atoms with Gasteiger partial charge in [0.1, 0.15) is 10.0 Å². The number of nitrogens with zero attached hydrogens (tertiary/aromatic N) is 2. The Balaban J connectivity index is 2.70. The average molecular weight is 399 g/mol. The fourth-order valence-corrected chi connectivity index (χ4v) is 3.67. The van der Waals surface area contributed by atoms with Crippen molar-refractivity contribution in [3.05, 3.63) is 21.9 Å². The molecule has 118 valence electrons. The number of sulfonamides is 1. The maximum Gasteiger partial charge on any atom is 0.243 e. The van der Waals surface area contributed by atoms with E-state index in [1.54, 1.807) is 4.90 Å². The highest BCUT2D eigenvalue weighted by molar-refractivity contribution is 9.10. The maximum atomic E-state index is 12.1. The van der Waals surface area contributed by atoms with Gasteiger partial charge in [0.05, 0.1) is 0 Å². The van der Waals surface area contributed by atoms with E-state index < -0.39 is 10.0 Å². The van der Waals surface area contributed by atoms with E-state index in [4.69, 9.17) is 11.6 Å². The minimum Gasteiger partial charge on any atom is -0.343 e. The molecule has 9 heteroatoms. The van der Waals surface area contributed by atoms with E-state index in [1.165, 1.54) is 12.3 Å². The topological polar surface area (TPSA) is 79.4 Å². The number of pyridine rings is 1. The zero-order valence-electron chi connectivity index (χ0n) is 11.8. The minimum atomic E-state index is -3.79. The summed E-state index contributed by atoms with van der Waals surface area (Å²) in [5, 5.41) is -0.110. The first-order valence-corrected chi connectivity index (χ1v) is 9.05. The molecular weight excluding hydrogens is 382 g/mol. The largest absolute Gasteiger partial charge is 0.343 e. The van der Waals surface area contributed by atoms with Gasteiger partial charge in [0.25, 0.3) is 0 Å². The van der Waals surface area contributed by atoms with Crippen LogP contribution in [-0.2, 0) is 14.8 Å². The molecular formula is C12H17BrClN3O3S. The van der Waals surface area contributed by atoms with Gasteiger partial charge in [-0.05, 0) is 35.8 Å². The molecule has 1 aromatic rings. The second-order valence-corrected chi connectivity index (χ2v) is 7.17. The summed E-state index contributed by atoms with van der Waals surface area (Å²) in [4.78, 5) is 17.1. The fraction of sp³-hybridized carbons (Fsp3) is 0.500. The van der Waals surface area contributed by atoms with E-state index in [-0.39, 0.29) is 28.9 Å². The highest BCUT2D eigenvalue weighted by Gasteiger charge is 2.20. The molecule has 0 saturated carbocycles. The van der Waals surface area contributed by atoms with E-state index in [0.29, 0.717) is 17.6 Å². The summed E-state index contributed by atoms with van der Waals surface area (Å²) in [5.41, 5.74) is 0. The SMILES string of the molecule is CCN(CC)C(=O)CCNS(=O)(=O)c1cc(Br)cnc1Cl. The van der Waals surface area contributed by atoms with Crippen LogP contribution in [0.1, 0.15) is 20.3 Å². The second kappa shape index (κ2) is 8.07. The zero-order chi connectivity index (χ0) is 16.0.